The van der Waals surface area contributed by atoms with Crippen molar-refractivity contribution in [2.45, 2.75) is 13.3 Å². The fraction of sp³-hybridized carbons (Fsp3) is 0.308. The standard InChI is InChI=1S/C13H15Cl2NO2/c1-4-12(17)13(8-16(2)3)18-11-6-9(14)5-10(15)7-11/h5-8H,4H2,1-3H3. The topological polar surface area (TPSA) is 29.5 Å². The Morgan fingerprint density at radius 2 is 1.83 bits per heavy atom. The van der Waals surface area contributed by atoms with Crippen molar-refractivity contribution < 1.29 is 9.53 Å². The molecule has 0 amide bonds. The quantitative estimate of drug-likeness (QED) is 0.610. The highest BCUT2D eigenvalue weighted by Gasteiger charge is 2.11. The molecule has 0 aliphatic carbocycles. The Morgan fingerprint density at radius 3 is 2.28 bits per heavy atom. The Hall–Kier alpha value is -1.19. The first-order valence-electron chi connectivity index (χ1n) is 5.47. The minimum atomic E-state index is -0.0835. The van der Waals surface area contributed by atoms with Crippen molar-refractivity contribution in [1.29, 1.82) is 0 Å². The zero-order valence-electron chi connectivity index (χ0n) is 10.5. The lowest BCUT2D eigenvalue weighted by atomic mass is 10.2. The van der Waals surface area contributed by atoms with Gasteiger partial charge in [0, 0.05) is 36.8 Å². The number of halogens is 2. The number of hydrogen-bond acceptors (Lipinski definition) is 3. The first-order valence-corrected chi connectivity index (χ1v) is 6.23. The highest BCUT2D eigenvalue weighted by atomic mass is 35.5. The summed E-state index contributed by atoms with van der Waals surface area (Å²) in [5.41, 5.74) is 0. The molecule has 0 fully saturated rings. The van der Waals surface area contributed by atoms with Crippen molar-refractivity contribution in [3.05, 3.63) is 40.2 Å². The first kappa shape index (κ1) is 14.9. The summed E-state index contributed by atoms with van der Waals surface area (Å²) in [4.78, 5) is 13.5. The van der Waals surface area contributed by atoms with Crippen LogP contribution in [-0.2, 0) is 4.79 Å². The average molecular weight is 288 g/mol. The van der Waals surface area contributed by atoms with Crippen molar-refractivity contribution >= 4 is 29.0 Å². The number of ketones is 1. The molecule has 5 heteroatoms. The molecule has 0 bridgehead atoms. The second kappa shape index (κ2) is 6.66. The summed E-state index contributed by atoms with van der Waals surface area (Å²) in [7, 11) is 3.63. The van der Waals surface area contributed by atoms with Gasteiger partial charge >= 0.3 is 0 Å². The summed E-state index contributed by atoms with van der Waals surface area (Å²) >= 11 is 11.7. The number of benzene rings is 1. The van der Waals surface area contributed by atoms with Gasteiger partial charge in [-0.3, -0.25) is 4.79 Å². The van der Waals surface area contributed by atoms with Crippen LogP contribution in [-0.4, -0.2) is 24.8 Å². The largest absolute Gasteiger partial charge is 0.452 e. The fourth-order valence-electron chi connectivity index (χ4n) is 1.28. The summed E-state index contributed by atoms with van der Waals surface area (Å²) in [5, 5.41) is 0.927. The van der Waals surface area contributed by atoms with Crippen molar-refractivity contribution in [1.82, 2.24) is 4.90 Å². The van der Waals surface area contributed by atoms with Crippen molar-refractivity contribution in [3.8, 4) is 5.75 Å². The molecule has 98 valence electrons. The maximum Gasteiger partial charge on any atom is 0.199 e. The highest BCUT2D eigenvalue weighted by molar-refractivity contribution is 6.34. The molecule has 0 spiro atoms. The Balaban J connectivity index is 2.99. The molecule has 0 atom stereocenters. The minimum Gasteiger partial charge on any atom is -0.452 e. The Morgan fingerprint density at radius 1 is 1.28 bits per heavy atom. The smallest absolute Gasteiger partial charge is 0.199 e. The van der Waals surface area contributed by atoms with Gasteiger partial charge in [0.1, 0.15) is 5.75 Å². The molecular formula is C13H15Cl2NO2. The molecule has 0 aliphatic rings. The molecule has 0 saturated heterocycles. The van der Waals surface area contributed by atoms with Gasteiger partial charge in [-0.15, -0.1) is 0 Å². The SMILES string of the molecule is CCC(=O)C(=CN(C)C)Oc1cc(Cl)cc(Cl)c1. The number of allylic oxidation sites excluding steroid dienone is 1. The van der Waals surface area contributed by atoms with E-state index in [0.717, 1.165) is 0 Å². The van der Waals surface area contributed by atoms with Gasteiger partial charge in [0.25, 0.3) is 0 Å². The molecule has 0 aliphatic heterocycles. The van der Waals surface area contributed by atoms with E-state index in [-0.39, 0.29) is 11.5 Å². The second-order valence-corrected chi connectivity index (χ2v) is 4.81. The zero-order valence-corrected chi connectivity index (χ0v) is 12.0. The first-order chi connectivity index (χ1) is 8.42. The minimum absolute atomic E-state index is 0.0835. The number of carbonyl (C=O) groups is 1. The number of carbonyl (C=O) groups excluding carboxylic acids is 1. The van der Waals surface area contributed by atoms with Crippen LogP contribution in [0.4, 0.5) is 0 Å². The van der Waals surface area contributed by atoms with Crippen LogP contribution in [0.1, 0.15) is 13.3 Å². The Bertz CT molecular complexity index is 450. The van der Waals surface area contributed by atoms with Crippen LogP contribution in [0.3, 0.4) is 0 Å². The van der Waals surface area contributed by atoms with Gasteiger partial charge < -0.3 is 9.64 Å². The number of rotatable bonds is 5. The van der Waals surface area contributed by atoms with Crippen LogP contribution in [0.15, 0.2) is 30.2 Å². The van der Waals surface area contributed by atoms with Gasteiger partial charge in [0.2, 0.25) is 0 Å². The van der Waals surface area contributed by atoms with E-state index in [1.807, 2.05) is 14.1 Å². The van der Waals surface area contributed by atoms with E-state index in [1.165, 1.54) is 0 Å². The van der Waals surface area contributed by atoms with Crippen LogP contribution >= 0.6 is 23.2 Å². The fourth-order valence-corrected chi connectivity index (χ4v) is 1.78. The van der Waals surface area contributed by atoms with E-state index in [1.54, 1.807) is 36.2 Å². The molecule has 0 saturated carbocycles. The molecular weight excluding hydrogens is 273 g/mol. The molecule has 0 N–H and O–H groups in total. The Labute approximate surface area is 117 Å². The predicted octanol–water partition coefficient (Wildman–Crippen LogP) is 3.75. The van der Waals surface area contributed by atoms with E-state index >= 15 is 0 Å². The lowest BCUT2D eigenvalue weighted by Crippen LogP contribution is -2.13. The van der Waals surface area contributed by atoms with Crippen molar-refractivity contribution in [2.75, 3.05) is 14.1 Å². The van der Waals surface area contributed by atoms with E-state index < -0.39 is 0 Å². The van der Waals surface area contributed by atoms with Crippen LogP contribution in [0.2, 0.25) is 10.0 Å². The molecule has 3 nitrogen and oxygen atoms in total. The predicted molar refractivity (Wildman–Crippen MR) is 74.2 cm³/mol. The van der Waals surface area contributed by atoms with E-state index in [2.05, 4.69) is 0 Å². The molecule has 1 aromatic rings. The van der Waals surface area contributed by atoms with Crippen molar-refractivity contribution in [2.24, 2.45) is 0 Å². The Kier molecular flexibility index (Phi) is 5.51. The third kappa shape index (κ3) is 4.59. The second-order valence-electron chi connectivity index (χ2n) is 3.94. The van der Waals surface area contributed by atoms with Crippen LogP contribution in [0, 0.1) is 0 Å². The normalized spacial score (nSPS) is 11.3. The average Bonchev–Trinajstić information content (AvgIpc) is 2.25. The summed E-state index contributed by atoms with van der Waals surface area (Å²) in [5.74, 6) is 0.628. The van der Waals surface area contributed by atoms with Gasteiger partial charge in [-0.1, -0.05) is 30.1 Å². The highest BCUT2D eigenvalue weighted by Crippen LogP contribution is 2.25. The van der Waals surface area contributed by atoms with E-state index in [0.29, 0.717) is 22.2 Å². The number of Topliss-reactive ketones (excluding diaryl/α,β-unsaturated/α-hetero) is 1. The molecule has 0 radical (unpaired) electrons. The van der Waals surface area contributed by atoms with Gasteiger partial charge in [-0.2, -0.15) is 0 Å². The summed E-state index contributed by atoms with van der Waals surface area (Å²) < 4.78 is 5.54. The van der Waals surface area contributed by atoms with Gasteiger partial charge in [-0.05, 0) is 18.2 Å². The lowest BCUT2D eigenvalue weighted by molar-refractivity contribution is -0.117. The maximum atomic E-state index is 11.7. The third-order valence-electron chi connectivity index (χ3n) is 2.04. The number of nitrogens with zero attached hydrogens (tertiary/aromatic N) is 1. The van der Waals surface area contributed by atoms with Crippen molar-refractivity contribution in [3.63, 3.8) is 0 Å². The van der Waals surface area contributed by atoms with Crippen LogP contribution in [0.25, 0.3) is 0 Å². The van der Waals surface area contributed by atoms with E-state index in [4.69, 9.17) is 27.9 Å². The van der Waals surface area contributed by atoms with Gasteiger partial charge in [-0.25, -0.2) is 0 Å². The van der Waals surface area contributed by atoms with E-state index in [9.17, 15) is 4.79 Å². The molecule has 1 aromatic carbocycles. The molecule has 0 unspecified atom stereocenters. The summed E-state index contributed by atoms with van der Waals surface area (Å²) in [6, 6.07) is 4.83. The molecule has 1 rings (SSSR count). The monoisotopic (exact) mass is 287 g/mol. The van der Waals surface area contributed by atoms with Crippen LogP contribution in [0.5, 0.6) is 5.75 Å². The summed E-state index contributed by atoms with van der Waals surface area (Å²) in [6.07, 6.45) is 1.99. The summed E-state index contributed by atoms with van der Waals surface area (Å²) in [6.45, 7) is 1.78. The zero-order chi connectivity index (χ0) is 13.7. The molecule has 18 heavy (non-hydrogen) atoms. The number of ether oxygens (including phenoxy) is 1. The number of hydrogen-bond donors (Lipinski definition) is 0. The van der Waals surface area contributed by atoms with Gasteiger partial charge in [0.15, 0.2) is 11.5 Å². The van der Waals surface area contributed by atoms with Gasteiger partial charge in [0.05, 0.1) is 0 Å². The maximum absolute atomic E-state index is 11.7. The molecule has 0 heterocycles. The third-order valence-corrected chi connectivity index (χ3v) is 2.47. The molecule has 0 aromatic heterocycles. The van der Waals surface area contributed by atoms with Crippen LogP contribution < -0.4 is 4.74 Å². The lowest BCUT2D eigenvalue weighted by Gasteiger charge is -2.12.